The van der Waals surface area contributed by atoms with Crippen molar-refractivity contribution in [3.05, 3.63) is 35.9 Å². The number of carbonyl (C=O) groups is 1. The van der Waals surface area contributed by atoms with Crippen LogP contribution in [-0.4, -0.2) is 18.9 Å². The maximum absolute atomic E-state index is 12.0. The van der Waals surface area contributed by atoms with Crippen LogP contribution in [0.15, 0.2) is 30.3 Å². The Labute approximate surface area is 103 Å². The van der Waals surface area contributed by atoms with E-state index in [0.717, 1.165) is 32.4 Å². The Morgan fingerprint density at radius 2 is 2.06 bits per heavy atom. The second-order valence-electron chi connectivity index (χ2n) is 5.05. The summed E-state index contributed by atoms with van der Waals surface area (Å²) in [7, 11) is 0. The van der Waals surface area contributed by atoms with Crippen molar-refractivity contribution in [3.8, 4) is 0 Å². The Morgan fingerprint density at radius 1 is 1.29 bits per heavy atom. The van der Waals surface area contributed by atoms with Crippen LogP contribution in [0.2, 0.25) is 0 Å². The first-order valence-electron chi connectivity index (χ1n) is 6.54. The highest BCUT2D eigenvalue weighted by atomic mass is 16.1. The van der Waals surface area contributed by atoms with Gasteiger partial charge < -0.3 is 5.32 Å². The molecule has 1 heterocycles. The number of hydrogen-bond donors (Lipinski definition) is 1. The van der Waals surface area contributed by atoms with E-state index in [1.54, 1.807) is 0 Å². The fourth-order valence-electron chi connectivity index (χ4n) is 2.54. The van der Waals surface area contributed by atoms with E-state index in [-0.39, 0.29) is 5.92 Å². The van der Waals surface area contributed by atoms with Crippen molar-refractivity contribution >= 4 is 5.78 Å². The molecular weight excluding hydrogens is 210 g/mol. The van der Waals surface area contributed by atoms with Gasteiger partial charge in [-0.15, -0.1) is 0 Å². The second-order valence-corrected chi connectivity index (χ2v) is 5.05. The van der Waals surface area contributed by atoms with E-state index >= 15 is 0 Å². The van der Waals surface area contributed by atoms with Crippen molar-refractivity contribution < 1.29 is 4.79 Å². The molecule has 1 aliphatic heterocycles. The predicted molar refractivity (Wildman–Crippen MR) is 69.9 cm³/mol. The number of nitrogens with one attached hydrogen (secondary N) is 1. The molecule has 1 fully saturated rings. The lowest BCUT2D eigenvalue weighted by atomic mass is 9.90. The molecule has 0 bridgehead atoms. The van der Waals surface area contributed by atoms with Crippen molar-refractivity contribution in [3.63, 3.8) is 0 Å². The number of aryl methyl sites for hydroxylation is 1. The first kappa shape index (κ1) is 12.3. The lowest BCUT2D eigenvalue weighted by Crippen LogP contribution is -2.21. The molecule has 2 nitrogen and oxygen atoms in total. The maximum Gasteiger partial charge on any atom is 0.137 e. The largest absolute Gasteiger partial charge is 0.316 e. The molecule has 17 heavy (non-hydrogen) atoms. The number of Topliss-reactive ketones (excluding diaryl/α,β-unsaturated/α-hetero) is 1. The third kappa shape index (κ3) is 3.40. The van der Waals surface area contributed by atoms with Crippen LogP contribution in [0.4, 0.5) is 0 Å². The monoisotopic (exact) mass is 231 g/mol. The highest BCUT2D eigenvalue weighted by Crippen LogP contribution is 2.19. The number of carbonyl (C=O) groups excluding carboxylic acids is 1. The summed E-state index contributed by atoms with van der Waals surface area (Å²) in [5, 5.41) is 3.29. The number of rotatable bonds is 5. The molecule has 1 aliphatic rings. The zero-order valence-corrected chi connectivity index (χ0v) is 10.5. The SMILES string of the molecule is CC1CNCC1C(=O)CCCc1ccccc1. The zero-order chi connectivity index (χ0) is 12.1. The molecule has 0 spiro atoms. The van der Waals surface area contributed by atoms with E-state index in [2.05, 4.69) is 36.5 Å². The quantitative estimate of drug-likeness (QED) is 0.843. The van der Waals surface area contributed by atoms with Crippen LogP contribution in [0.25, 0.3) is 0 Å². The van der Waals surface area contributed by atoms with Gasteiger partial charge in [0, 0.05) is 18.9 Å². The lowest BCUT2D eigenvalue weighted by molar-refractivity contribution is -0.123. The topological polar surface area (TPSA) is 29.1 Å². The average molecular weight is 231 g/mol. The standard InChI is InChI=1S/C15H21NO/c1-12-10-16-11-14(12)15(17)9-5-8-13-6-3-2-4-7-13/h2-4,6-7,12,14,16H,5,8-11H2,1H3. The Hall–Kier alpha value is -1.15. The highest BCUT2D eigenvalue weighted by molar-refractivity contribution is 5.81. The molecule has 0 aromatic heterocycles. The van der Waals surface area contributed by atoms with Crippen LogP contribution in [0.3, 0.4) is 0 Å². The van der Waals surface area contributed by atoms with Crippen molar-refractivity contribution in [1.82, 2.24) is 5.32 Å². The van der Waals surface area contributed by atoms with Crippen molar-refractivity contribution in [2.24, 2.45) is 11.8 Å². The van der Waals surface area contributed by atoms with Gasteiger partial charge in [-0.1, -0.05) is 37.3 Å². The van der Waals surface area contributed by atoms with E-state index in [4.69, 9.17) is 0 Å². The summed E-state index contributed by atoms with van der Waals surface area (Å²) < 4.78 is 0. The summed E-state index contributed by atoms with van der Waals surface area (Å²) in [6, 6.07) is 10.4. The fraction of sp³-hybridized carbons (Fsp3) is 0.533. The minimum Gasteiger partial charge on any atom is -0.316 e. The van der Waals surface area contributed by atoms with Crippen LogP contribution in [0, 0.1) is 11.8 Å². The minimum absolute atomic E-state index is 0.255. The smallest absolute Gasteiger partial charge is 0.137 e. The van der Waals surface area contributed by atoms with E-state index in [1.165, 1.54) is 5.56 Å². The molecule has 2 atom stereocenters. The third-order valence-corrected chi connectivity index (χ3v) is 3.66. The summed E-state index contributed by atoms with van der Waals surface area (Å²) in [6.07, 6.45) is 2.72. The zero-order valence-electron chi connectivity index (χ0n) is 10.5. The molecule has 0 radical (unpaired) electrons. The van der Waals surface area contributed by atoms with Gasteiger partial charge >= 0.3 is 0 Å². The summed E-state index contributed by atoms with van der Waals surface area (Å²) in [4.78, 5) is 12.0. The van der Waals surface area contributed by atoms with E-state index in [0.29, 0.717) is 11.7 Å². The van der Waals surface area contributed by atoms with Gasteiger partial charge in [0.05, 0.1) is 0 Å². The fourth-order valence-corrected chi connectivity index (χ4v) is 2.54. The van der Waals surface area contributed by atoms with Crippen LogP contribution >= 0.6 is 0 Å². The van der Waals surface area contributed by atoms with Gasteiger partial charge in [-0.05, 0) is 30.9 Å². The second kappa shape index (κ2) is 5.97. The van der Waals surface area contributed by atoms with Crippen LogP contribution in [0.5, 0.6) is 0 Å². The van der Waals surface area contributed by atoms with Gasteiger partial charge in [0.15, 0.2) is 0 Å². The first-order valence-corrected chi connectivity index (χ1v) is 6.54. The molecule has 0 saturated carbocycles. The summed E-state index contributed by atoms with van der Waals surface area (Å²) in [5.41, 5.74) is 1.33. The van der Waals surface area contributed by atoms with Crippen molar-refractivity contribution in [1.29, 1.82) is 0 Å². The van der Waals surface area contributed by atoms with E-state index in [1.807, 2.05) is 6.07 Å². The summed E-state index contributed by atoms with van der Waals surface area (Å²) >= 11 is 0. The van der Waals surface area contributed by atoms with Gasteiger partial charge in [0.25, 0.3) is 0 Å². The summed E-state index contributed by atoms with van der Waals surface area (Å²) in [6.45, 7) is 4.04. The van der Waals surface area contributed by atoms with Crippen LogP contribution in [0.1, 0.15) is 25.3 Å². The third-order valence-electron chi connectivity index (χ3n) is 3.66. The van der Waals surface area contributed by atoms with Gasteiger partial charge in [0.1, 0.15) is 5.78 Å². The van der Waals surface area contributed by atoms with Crippen LogP contribution < -0.4 is 5.32 Å². The minimum atomic E-state index is 0.255. The number of hydrogen-bond acceptors (Lipinski definition) is 2. The molecule has 0 amide bonds. The Balaban J connectivity index is 1.73. The molecule has 2 rings (SSSR count). The van der Waals surface area contributed by atoms with Gasteiger partial charge in [0.2, 0.25) is 0 Å². The maximum atomic E-state index is 12.0. The Kier molecular flexibility index (Phi) is 4.32. The predicted octanol–water partition coefficient (Wildman–Crippen LogP) is 2.43. The molecule has 2 unspecified atom stereocenters. The normalized spacial score (nSPS) is 23.8. The highest BCUT2D eigenvalue weighted by Gasteiger charge is 2.28. The Morgan fingerprint density at radius 3 is 2.71 bits per heavy atom. The van der Waals surface area contributed by atoms with Crippen LogP contribution in [-0.2, 0) is 11.2 Å². The molecule has 1 saturated heterocycles. The lowest BCUT2D eigenvalue weighted by Gasteiger charge is -2.12. The first-order chi connectivity index (χ1) is 8.27. The number of ketones is 1. The molecule has 1 aromatic rings. The molecule has 1 N–H and O–H groups in total. The molecule has 2 heteroatoms. The van der Waals surface area contributed by atoms with E-state index < -0.39 is 0 Å². The van der Waals surface area contributed by atoms with E-state index in [9.17, 15) is 4.79 Å². The molecule has 0 aliphatic carbocycles. The van der Waals surface area contributed by atoms with Gasteiger partial charge in [-0.3, -0.25) is 4.79 Å². The molecule has 92 valence electrons. The number of benzene rings is 1. The molecule has 1 aromatic carbocycles. The van der Waals surface area contributed by atoms with Crippen molar-refractivity contribution in [2.75, 3.05) is 13.1 Å². The van der Waals surface area contributed by atoms with Crippen molar-refractivity contribution in [2.45, 2.75) is 26.2 Å². The summed E-state index contributed by atoms with van der Waals surface area (Å²) in [5.74, 6) is 1.21. The van der Waals surface area contributed by atoms with Gasteiger partial charge in [-0.2, -0.15) is 0 Å². The molecular formula is C15H21NO. The van der Waals surface area contributed by atoms with Gasteiger partial charge in [-0.25, -0.2) is 0 Å². The average Bonchev–Trinajstić information content (AvgIpc) is 2.77. The Bertz CT molecular complexity index is 360.